The van der Waals surface area contributed by atoms with Crippen LogP contribution < -0.4 is 5.32 Å². The molecule has 20 heavy (non-hydrogen) atoms. The van der Waals surface area contributed by atoms with Crippen LogP contribution in [0.2, 0.25) is 0 Å². The SMILES string of the molecule is CNC(=O)[C@H]1C[C@@H]2CCN(Cc3ccc(C)s3)C[C@H]2O1. The molecule has 110 valence electrons. The lowest BCUT2D eigenvalue weighted by molar-refractivity contribution is -0.132. The molecule has 0 radical (unpaired) electrons. The van der Waals surface area contributed by atoms with Crippen molar-refractivity contribution in [3.8, 4) is 0 Å². The molecule has 1 amide bonds. The number of likely N-dealkylation sites (N-methyl/N-ethyl adjacent to an activating group) is 1. The molecule has 1 aromatic rings. The van der Waals surface area contributed by atoms with Gasteiger partial charge in [0.1, 0.15) is 6.10 Å². The van der Waals surface area contributed by atoms with Crippen molar-refractivity contribution in [2.75, 3.05) is 20.1 Å². The number of hydrogen-bond donors (Lipinski definition) is 1. The number of thiophene rings is 1. The molecule has 0 aliphatic carbocycles. The van der Waals surface area contributed by atoms with Crippen molar-refractivity contribution < 1.29 is 9.53 Å². The molecule has 2 fully saturated rings. The third-order valence-corrected chi connectivity index (χ3v) is 5.34. The van der Waals surface area contributed by atoms with Gasteiger partial charge in [-0.25, -0.2) is 0 Å². The number of piperidine rings is 1. The number of nitrogens with one attached hydrogen (secondary N) is 1. The predicted octanol–water partition coefficient (Wildman–Crippen LogP) is 1.78. The van der Waals surface area contributed by atoms with Crippen molar-refractivity contribution in [3.05, 3.63) is 21.9 Å². The van der Waals surface area contributed by atoms with Gasteiger partial charge < -0.3 is 10.1 Å². The van der Waals surface area contributed by atoms with Crippen LogP contribution in [0.25, 0.3) is 0 Å². The van der Waals surface area contributed by atoms with Gasteiger partial charge in [-0.2, -0.15) is 0 Å². The van der Waals surface area contributed by atoms with E-state index in [0.29, 0.717) is 5.92 Å². The molecule has 0 aromatic carbocycles. The average Bonchev–Trinajstić information content (AvgIpc) is 3.03. The summed E-state index contributed by atoms with van der Waals surface area (Å²) in [6.45, 7) is 5.22. The molecule has 2 aliphatic heterocycles. The Morgan fingerprint density at radius 3 is 3.10 bits per heavy atom. The zero-order chi connectivity index (χ0) is 14.1. The average molecular weight is 294 g/mol. The van der Waals surface area contributed by atoms with Gasteiger partial charge in [-0.05, 0) is 44.4 Å². The van der Waals surface area contributed by atoms with Crippen molar-refractivity contribution in [1.29, 1.82) is 0 Å². The highest BCUT2D eigenvalue weighted by Crippen LogP contribution is 2.34. The molecule has 1 N–H and O–H groups in total. The van der Waals surface area contributed by atoms with E-state index in [2.05, 4.69) is 29.3 Å². The minimum absolute atomic E-state index is 0.0276. The Labute approximate surface area is 124 Å². The number of rotatable bonds is 3. The highest BCUT2D eigenvalue weighted by atomic mass is 32.1. The second-order valence-corrected chi connectivity index (χ2v) is 7.18. The number of aryl methyl sites for hydroxylation is 1. The zero-order valence-electron chi connectivity index (χ0n) is 12.1. The van der Waals surface area contributed by atoms with Crippen LogP contribution in [-0.4, -0.2) is 43.2 Å². The van der Waals surface area contributed by atoms with Crippen molar-refractivity contribution in [2.45, 2.75) is 38.5 Å². The van der Waals surface area contributed by atoms with Gasteiger partial charge in [-0.1, -0.05) is 0 Å². The molecule has 3 atom stereocenters. The Kier molecular flexibility index (Phi) is 4.10. The lowest BCUT2D eigenvalue weighted by atomic mass is 9.91. The van der Waals surface area contributed by atoms with Crippen molar-refractivity contribution in [2.24, 2.45) is 5.92 Å². The van der Waals surface area contributed by atoms with E-state index in [-0.39, 0.29) is 18.1 Å². The number of hydrogen-bond acceptors (Lipinski definition) is 4. The highest BCUT2D eigenvalue weighted by Gasteiger charge is 2.41. The van der Waals surface area contributed by atoms with Crippen molar-refractivity contribution >= 4 is 17.2 Å². The van der Waals surface area contributed by atoms with E-state index in [1.165, 1.54) is 9.75 Å². The van der Waals surface area contributed by atoms with Gasteiger partial charge in [0.05, 0.1) is 6.10 Å². The minimum atomic E-state index is -0.237. The van der Waals surface area contributed by atoms with Gasteiger partial charge in [0, 0.05) is 29.9 Å². The summed E-state index contributed by atoms with van der Waals surface area (Å²) in [5.41, 5.74) is 0. The van der Waals surface area contributed by atoms with E-state index in [1.54, 1.807) is 7.05 Å². The molecule has 1 aromatic heterocycles. The first kappa shape index (κ1) is 14.0. The van der Waals surface area contributed by atoms with E-state index in [9.17, 15) is 4.79 Å². The fraction of sp³-hybridized carbons (Fsp3) is 0.667. The summed E-state index contributed by atoms with van der Waals surface area (Å²) in [5, 5.41) is 2.69. The third-order valence-electron chi connectivity index (χ3n) is 4.35. The summed E-state index contributed by atoms with van der Waals surface area (Å²) in [4.78, 5) is 16.9. The Bertz CT molecular complexity index is 488. The molecular weight excluding hydrogens is 272 g/mol. The maximum atomic E-state index is 11.7. The molecule has 5 heteroatoms. The highest BCUT2D eigenvalue weighted by molar-refractivity contribution is 7.11. The van der Waals surface area contributed by atoms with E-state index >= 15 is 0 Å². The van der Waals surface area contributed by atoms with Gasteiger partial charge in [0.25, 0.3) is 0 Å². The number of carbonyl (C=O) groups excluding carboxylic acids is 1. The summed E-state index contributed by atoms with van der Waals surface area (Å²) in [6, 6.07) is 4.40. The first-order valence-corrected chi connectivity index (χ1v) is 8.12. The van der Waals surface area contributed by atoms with Crippen molar-refractivity contribution in [3.63, 3.8) is 0 Å². The molecular formula is C15H22N2O2S. The Hall–Kier alpha value is -0.910. The summed E-state index contributed by atoms with van der Waals surface area (Å²) in [5.74, 6) is 0.582. The Balaban J connectivity index is 1.57. The summed E-state index contributed by atoms with van der Waals surface area (Å²) in [6.07, 6.45) is 2.02. The van der Waals surface area contributed by atoms with Gasteiger partial charge in [-0.3, -0.25) is 9.69 Å². The maximum absolute atomic E-state index is 11.7. The number of fused-ring (bicyclic) bond motifs is 1. The first-order valence-electron chi connectivity index (χ1n) is 7.30. The van der Waals surface area contributed by atoms with Crippen LogP contribution in [-0.2, 0) is 16.1 Å². The largest absolute Gasteiger partial charge is 0.364 e. The van der Waals surface area contributed by atoms with E-state index < -0.39 is 0 Å². The normalized spacial score (nSPS) is 30.2. The van der Waals surface area contributed by atoms with Gasteiger partial charge >= 0.3 is 0 Å². The molecule has 0 unspecified atom stereocenters. The van der Waals surface area contributed by atoms with E-state index in [0.717, 1.165) is 32.5 Å². The standard InChI is InChI=1S/C15H22N2O2S/c1-10-3-4-12(20-10)8-17-6-5-11-7-13(15(18)16-2)19-14(11)9-17/h3-4,11,13-14H,5-9H2,1-2H3,(H,16,18)/t11-,13+,14+/m0/s1. The topological polar surface area (TPSA) is 41.6 Å². The lowest BCUT2D eigenvalue weighted by Gasteiger charge is -2.33. The van der Waals surface area contributed by atoms with Crippen LogP contribution in [0.5, 0.6) is 0 Å². The second-order valence-electron chi connectivity index (χ2n) is 5.81. The molecule has 4 nitrogen and oxygen atoms in total. The lowest BCUT2D eigenvalue weighted by Crippen LogP contribution is -2.41. The number of likely N-dealkylation sites (tertiary alicyclic amines) is 1. The number of amides is 1. The van der Waals surface area contributed by atoms with Gasteiger partial charge in [-0.15, -0.1) is 11.3 Å². The van der Waals surface area contributed by atoms with Crippen molar-refractivity contribution in [1.82, 2.24) is 10.2 Å². The molecule has 2 aliphatic rings. The number of carbonyl (C=O) groups is 1. The summed E-state index contributed by atoms with van der Waals surface area (Å²) < 4.78 is 5.94. The van der Waals surface area contributed by atoms with Crippen LogP contribution >= 0.6 is 11.3 Å². The Morgan fingerprint density at radius 1 is 1.55 bits per heavy atom. The predicted molar refractivity (Wildman–Crippen MR) is 79.8 cm³/mol. The quantitative estimate of drug-likeness (QED) is 0.924. The fourth-order valence-corrected chi connectivity index (χ4v) is 4.19. The van der Waals surface area contributed by atoms with Crippen LogP contribution in [0.3, 0.4) is 0 Å². The summed E-state index contributed by atoms with van der Waals surface area (Å²) >= 11 is 1.87. The molecule has 3 heterocycles. The van der Waals surface area contributed by atoms with Crippen LogP contribution in [0.15, 0.2) is 12.1 Å². The molecule has 0 bridgehead atoms. The smallest absolute Gasteiger partial charge is 0.248 e. The molecule has 0 spiro atoms. The number of nitrogens with zero attached hydrogens (tertiary/aromatic N) is 1. The van der Waals surface area contributed by atoms with E-state index in [1.807, 2.05) is 11.3 Å². The Morgan fingerprint density at radius 2 is 2.40 bits per heavy atom. The molecule has 2 saturated heterocycles. The zero-order valence-corrected chi connectivity index (χ0v) is 12.9. The van der Waals surface area contributed by atoms with Gasteiger partial charge in [0.2, 0.25) is 5.91 Å². The minimum Gasteiger partial charge on any atom is -0.364 e. The molecule has 0 saturated carbocycles. The maximum Gasteiger partial charge on any atom is 0.248 e. The van der Waals surface area contributed by atoms with Crippen LogP contribution in [0, 0.1) is 12.8 Å². The number of ether oxygens (including phenoxy) is 1. The third kappa shape index (κ3) is 2.90. The monoisotopic (exact) mass is 294 g/mol. The van der Waals surface area contributed by atoms with Crippen LogP contribution in [0.4, 0.5) is 0 Å². The van der Waals surface area contributed by atoms with Gasteiger partial charge in [0.15, 0.2) is 0 Å². The second kappa shape index (κ2) is 5.84. The fourth-order valence-electron chi connectivity index (χ4n) is 3.26. The van der Waals surface area contributed by atoms with E-state index in [4.69, 9.17) is 4.74 Å². The molecule has 3 rings (SSSR count). The van der Waals surface area contributed by atoms with Crippen LogP contribution in [0.1, 0.15) is 22.6 Å². The summed E-state index contributed by atoms with van der Waals surface area (Å²) in [7, 11) is 1.68. The first-order chi connectivity index (χ1) is 9.65.